The summed E-state index contributed by atoms with van der Waals surface area (Å²) in [5, 5.41) is 12.4. The van der Waals surface area contributed by atoms with Crippen molar-refractivity contribution in [1.29, 1.82) is 0 Å². The molecule has 1 saturated heterocycles. The number of hydrogen-bond donors (Lipinski definition) is 2. The Hall–Kier alpha value is -3.23. The molecule has 4 rings (SSSR count). The Bertz CT molecular complexity index is 1150. The molecule has 0 radical (unpaired) electrons. The van der Waals surface area contributed by atoms with Gasteiger partial charge in [0.2, 0.25) is 5.91 Å². The molecule has 2 N–H and O–H groups in total. The highest BCUT2D eigenvalue weighted by Gasteiger charge is 2.34. The van der Waals surface area contributed by atoms with E-state index in [0.29, 0.717) is 26.2 Å². The number of hydrogen-bond acceptors (Lipinski definition) is 4. The number of benzene rings is 3. The summed E-state index contributed by atoms with van der Waals surface area (Å²) in [5.41, 5.74) is 0.486. The van der Waals surface area contributed by atoms with Crippen LogP contribution in [0.15, 0.2) is 72.8 Å². The zero-order valence-electron chi connectivity index (χ0n) is 18.1. The number of aromatic hydroxyl groups is 1. The van der Waals surface area contributed by atoms with Crippen molar-refractivity contribution in [2.75, 3.05) is 36.4 Å². The molecule has 0 aromatic heterocycles. The number of nitrogens with one attached hydrogen (secondary N) is 1. The Balaban J connectivity index is 1.55. The largest absolute Gasteiger partial charge is 0.506 e. The predicted octanol–water partition coefficient (Wildman–Crippen LogP) is 5.57. The minimum absolute atomic E-state index is 0.0236. The van der Waals surface area contributed by atoms with E-state index in [9.17, 15) is 23.1 Å². The molecule has 3 aromatic rings. The summed E-state index contributed by atoms with van der Waals surface area (Å²) in [6.07, 6.45) is -4.63. The van der Waals surface area contributed by atoms with Crippen LogP contribution in [0, 0.1) is 0 Å². The monoisotopic (exact) mass is 489 g/mol. The number of carbonyl (C=O) groups excluding carboxylic acids is 1. The van der Waals surface area contributed by atoms with E-state index in [1.54, 1.807) is 12.1 Å². The van der Waals surface area contributed by atoms with Crippen molar-refractivity contribution in [3.63, 3.8) is 0 Å². The first-order valence-corrected chi connectivity index (χ1v) is 11.1. The van der Waals surface area contributed by atoms with Crippen LogP contribution in [0.4, 0.5) is 24.5 Å². The number of rotatable bonds is 5. The maximum atomic E-state index is 13.3. The number of phenols is 1. The number of alkyl halides is 3. The first-order valence-electron chi connectivity index (χ1n) is 10.7. The number of halogens is 4. The van der Waals surface area contributed by atoms with E-state index in [2.05, 4.69) is 5.32 Å². The highest BCUT2D eigenvalue weighted by molar-refractivity contribution is 6.31. The van der Waals surface area contributed by atoms with Crippen LogP contribution >= 0.6 is 11.6 Å². The second kappa shape index (κ2) is 9.95. The molecule has 0 spiro atoms. The fourth-order valence-corrected chi connectivity index (χ4v) is 4.37. The maximum absolute atomic E-state index is 13.3. The Morgan fingerprint density at radius 2 is 1.59 bits per heavy atom. The predicted molar refractivity (Wildman–Crippen MR) is 126 cm³/mol. The van der Waals surface area contributed by atoms with Crippen LogP contribution in [-0.4, -0.2) is 42.1 Å². The zero-order chi connectivity index (χ0) is 24.3. The van der Waals surface area contributed by atoms with Gasteiger partial charge in [0.25, 0.3) is 0 Å². The van der Waals surface area contributed by atoms with Crippen molar-refractivity contribution in [2.45, 2.75) is 12.2 Å². The van der Waals surface area contributed by atoms with Crippen LogP contribution in [-0.2, 0) is 11.0 Å². The molecule has 1 fully saturated rings. The minimum Gasteiger partial charge on any atom is -0.506 e. The van der Waals surface area contributed by atoms with E-state index in [1.807, 2.05) is 52.3 Å². The molecule has 0 saturated carbocycles. The molecule has 178 valence electrons. The van der Waals surface area contributed by atoms with Crippen LogP contribution in [0.5, 0.6) is 5.75 Å². The van der Waals surface area contributed by atoms with Crippen molar-refractivity contribution in [1.82, 2.24) is 4.90 Å². The van der Waals surface area contributed by atoms with Gasteiger partial charge in [-0.25, -0.2) is 0 Å². The number of nitrogens with zero attached hydrogens (tertiary/aromatic N) is 2. The molecule has 1 aliphatic rings. The highest BCUT2D eigenvalue weighted by atomic mass is 35.5. The molecule has 0 aliphatic carbocycles. The fourth-order valence-electron chi connectivity index (χ4n) is 4.15. The second-order valence-electron chi connectivity index (χ2n) is 8.01. The number of phenolic OH excluding ortho intramolecular Hbond substituents is 1. The van der Waals surface area contributed by atoms with Crippen molar-refractivity contribution >= 4 is 28.9 Å². The lowest BCUT2D eigenvalue weighted by Crippen LogP contribution is -2.50. The molecule has 1 heterocycles. The lowest BCUT2D eigenvalue weighted by Gasteiger charge is -2.39. The van der Waals surface area contributed by atoms with Gasteiger partial charge in [0.05, 0.1) is 16.3 Å². The van der Waals surface area contributed by atoms with Gasteiger partial charge in [-0.1, -0.05) is 54.1 Å². The van der Waals surface area contributed by atoms with Gasteiger partial charge in [0, 0.05) is 31.9 Å². The minimum atomic E-state index is -4.63. The molecule has 5 nitrogen and oxygen atoms in total. The topological polar surface area (TPSA) is 55.8 Å². The van der Waals surface area contributed by atoms with Gasteiger partial charge < -0.3 is 15.3 Å². The highest BCUT2D eigenvalue weighted by Crippen LogP contribution is 2.36. The molecule has 1 atom stereocenters. The van der Waals surface area contributed by atoms with Gasteiger partial charge in [-0.2, -0.15) is 13.2 Å². The quantitative estimate of drug-likeness (QED) is 0.492. The summed E-state index contributed by atoms with van der Waals surface area (Å²) in [6, 6.07) is 18.8. The number of piperazine rings is 1. The summed E-state index contributed by atoms with van der Waals surface area (Å²) in [6.45, 7) is 2.20. The van der Waals surface area contributed by atoms with Crippen molar-refractivity contribution in [2.24, 2.45) is 0 Å². The van der Waals surface area contributed by atoms with Crippen molar-refractivity contribution < 1.29 is 23.1 Å². The lowest BCUT2D eigenvalue weighted by molar-refractivity contribution is -0.137. The smallest absolute Gasteiger partial charge is 0.417 e. The SMILES string of the molecule is O=C(Nc1ccc(Cl)c(C(F)(F)F)c1)C(c1ccccc1)N1CCN(c2ccccc2O)CC1. The molecule has 1 unspecified atom stereocenters. The average Bonchev–Trinajstić information content (AvgIpc) is 2.81. The molecular weight excluding hydrogens is 467 g/mol. The van der Waals surface area contributed by atoms with Gasteiger partial charge >= 0.3 is 6.18 Å². The average molecular weight is 490 g/mol. The van der Waals surface area contributed by atoms with Crippen molar-refractivity contribution in [3.05, 3.63) is 88.9 Å². The number of para-hydroxylation sites is 2. The number of carbonyl (C=O) groups is 1. The molecule has 9 heteroatoms. The zero-order valence-corrected chi connectivity index (χ0v) is 18.9. The molecule has 1 amide bonds. The summed E-state index contributed by atoms with van der Waals surface area (Å²) in [5.74, 6) is -0.242. The van der Waals surface area contributed by atoms with E-state index in [1.165, 1.54) is 6.07 Å². The van der Waals surface area contributed by atoms with Gasteiger partial charge in [-0.3, -0.25) is 9.69 Å². The van der Waals surface area contributed by atoms with Gasteiger partial charge in [-0.15, -0.1) is 0 Å². The summed E-state index contributed by atoms with van der Waals surface area (Å²) in [4.78, 5) is 17.4. The van der Waals surface area contributed by atoms with Crippen LogP contribution in [0.3, 0.4) is 0 Å². The first-order chi connectivity index (χ1) is 16.2. The normalized spacial score (nSPS) is 15.7. The van der Waals surface area contributed by atoms with Crippen LogP contribution < -0.4 is 10.2 Å². The summed E-state index contributed by atoms with van der Waals surface area (Å²) in [7, 11) is 0. The number of anilines is 2. The van der Waals surface area contributed by atoms with E-state index >= 15 is 0 Å². The summed E-state index contributed by atoms with van der Waals surface area (Å²) < 4.78 is 39.8. The summed E-state index contributed by atoms with van der Waals surface area (Å²) >= 11 is 5.71. The Labute approximate surface area is 200 Å². The van der Waals surface area contributed by atoms with E-state index in [0.717, 1.165) is 23.4 Å². The first kappa shape index (κ1) is 23.9. The van der Waals surface area contributed by atoms with Crippen LogP contribution in [0.2, 0.25) is 5.02 Å². The van der Waals surface area contributed by atoms with Crippen molar-refractivity contribution in [3.8, 4) is 5.75 Å². The molecule has 3 aromatic carbocycles. The molecule has 0 bridgehead atoms. The Morgan fingerprint density at radius 1 is 0.941 bits per heavy atom. The molecule has 1 aliphatic heterocycles. The molecular formula is C25H23ClF3N3O2. The maximum Gasteiger partial charge on any atom is 0.417 e. The van der Waals surface area contributed by atoms with E-state index in [4.69, 9.17) is 11.6 Å². The third kappa shape index (κ3) is 5.29. The van der Waals surface area contributed by atoms with Gasteiger partial charge in [-0.05, 0) is 35.9 Å². The number of amides is 1. The molecule has 34 heavy (non-hydrogen) atoms. The standard InChI is InChI=1S/C25H23ClF3N3O2/c26-20-11-10-18(16-19(20)25(27,28)29)30-24(34)23(17-6-2-1-3-7-17)32-14-12-31(13-15-32)21-8-4-5-9-22(21)33/h1-11,16,23,33H,12-15H2,(H,30,34). The third-order valence-electron chi connectivity index (χ3n) is 5.80. The van der Waals surface area contributed by atoms with Gasteiger partial charge in [0.15, 0.2) is 0 Å². The van der Waals surface area contributed by atoms with E-state index < -0.39 is 28.7 Å². The Kier molecular flexibility index (Phi) is 7.00. The van der Waals surface area contributed by atoms with E-state index in [-0.39, 0.29) is 11.4 Å². The lowest BCUT2D eigenvalue weighted by atomic mass is 10.0. The third-order valence-corrected chi connectivity index (χ3v) is 6.13. The van der Waals surface area contributed by atoms with Gasteiger partial charge in [0.1, 0.15) is 11.8 Å². The van der Waals surface area contributed by atoms with Crippen LogP contribution in [0.25, 0.3) is 0 Å². The fraction of sp³-hybridized carbons (Fsp3) is 0.240. The second-order valence-corrected chi connectivity index (χ2v) is 8.41. The van der Waals surface area contributed by atoms with Crippen LogP contribution in [0.1, 0.15) is 17.2 Å². The Morgan fingerprint density at radius 3 is 2.24 bits per heavy atom.